The molecule has 2 aromatic rings. The average molecular weight is 394 g/mol. The van der Waals surface area contributed by atoms with Crippen LogP contribution in [0.25, 0.3) is 0 Å². The first-order valence-corrected chi connectivity index (χ1v) is 10.3. The molecule has 0 N–H and O–H groups in total. The molecule has 0 radical (unpaired) electrons. The maximum atomic E-state index is 13.0. The molecule has 0 aliphatic carbocycles. The standard InChI is InChI=1S/C23H31O3P.Li.H/c1-15-10-9-11-16(2)20(15)21(24)27-19-13-12-17(25-22(3,4)5)14-18(19)26-23(6,7)8;;/h9-14,27H,1-8H3;;. The Hall–Kier alpha value is -1.26. The molecule has 2 aromatic carbocycles. The van der Waals surface area contributed by atoms with E-state index in [1.807, 2.05) is 91.8 Å². The van der Waals surface area contributed by atoms with E-state index in [1.54, 1.807) is 0 Å². The van der Waals surface area contributed by atoms with E-state index in [0.29, 0.717) is 5.75 Å². The van der Waals surface area contributed by atoms with Crippen LogP contribution in [-0.2, 0) is 0 Å². The Balaban J connectivity index is 0.00000392. The SMILES string of the molecule is Cc1cccc(C)c1C(=O)Pc1ccc(OC(C)(C)C)cc1OC(C)(C)C.[LiH]. The van der Waals surface area contributed by atoms with Crippen molar-refractivity contribution in [2.45, 2.75) is 66.6 Å². The van der Waals surface area contributed by atoms with E-state index in [4.69, 9.17) is 9.47 Å². The molecule has 1 atom stereocenters. The Morgan fingerprint density at radius 1 is 0.857 bits per heavy atom. The molecule has 1 unspecified atom stereocenters. The van der Waals surface area contributed by atoms with Crippen LogP contribution in [0, 0.1) is 13.8 Å². The molecule has 0 aromatic heterocycles. The second-order valence-electron chi connectivity index (χ2n) is 8.81. The van der Waals surface area contributed by atoms with Crippen molar-refractivity contribution in [3.8, 4) is 11.5 Å². The van der Waals surface area contributed by atoms with Gasteiger partial charge in [0.15, 0.2) is 5.52 Å². The second-order valence-corrected chi connectivity index (χ2v) is 10.1. The van der Waals surface area contributed by atoms with Gasteiger partial charge in [-0.25, -0.2) is 0 Å². The zero-order valence-electron chi connectivity index (χ0n) is 17.7. The van der Waals surface area contributed by atoms with Gasteiger partial charge in [0.05, 0.1) is 0 Å². The van der Waals surface area contributed by atoms with Crippen LogP contribution in [0.1, 0.15) is 63.0 Å². The van der Waals surface area contributed by atoms with E-state index in [-0.39, 0.29) is 44.2 Å². The molecule has 0 heterocycles. The Morgan fingerprint density at radius 2 is 1.39 bits per heavy atom. The summed E-state index contributed by atoms with van der Waals surface area (Å²) >= 11 is 0. The predicted octanol–water partition coefficient (Wildman–Crippen LogP) is 5.15. The summed E-state index contributed by atoms with van der Waals surface area (Å²) in [7, 11) is -0.00183. The van der Waals surface area contributed by atoms with Gasteiger partial charge in [0, 0.05) is 16.9 Å². The van der Waals surface area contributed by atoms with Crippen molar-refractivity contribution in [3.63, 3.8) is 0 Å². The third kappa shape index (κ3) is 7.29. The number of aryl methyl sites for hydroxylation is 2. The molecule has 0 spiro atoms. The zero-order valence-corrected chi connectivity index (χ0v) is 18.7. The van der Waals surface area contributed by atoms with Crippen LogP contribution in [0.15, 0.2) is 36.4 Å². The van der Waals surface area contributed by atoms with Gasteiger partial charge in [-0.15, -0.1) is 0 Å². The number of rotatable bonds is 5. The summed E-state index contributed by atoms with van der Waals surface area (Å²) in [6.07, 6.45) is 0. The number of carbonyl (C=O) groups is 1. The molecule has 0 bridgehead atoms. The van der Waals surface area contributed by atoms with Crippen molar-refractivity contribution in [1.29, 1.82) is 0 Å². The molecule has 5 heteroatoms. The van der Waals surface area contributed by atoms with Crippen LogP contribution in [0.2, 0.25) is 0 Å². The van der Waals surface area contributed by atoms with Crippen molar-refractivity contribution < 1.29 is 14.3 Å². The molecular formula is C23H32LiO3P. The number of ether oxygens (including phenoxy) is 2. The first-order valence-electron chi connectivity index (χ1n) is 9.25. The van der Waals surface area contributed by atoms with Gasteiger partial charge in [0.1, 0.15) is 22.7 Å². The predicted molar refractivity (Wildman–Crippen MR) is 123 cm³/mol. The van der Waals surface area contributed by atoms with Crippen LogP contribution in [-0.4, -0.2) is 35.6 Å². The van der Waals surface area contributed by atoms with Crippen molar-refractivity contribution in [2.24, 2.45) is 0 Å². The van der Waals surface area contributed by atoms with Gasteiger partial charge < -0.3 is 9.47 Å². The average Bonchev–Trinajstić information content (AvgIpc) is 2.46. The number of hydrogen-bond donors (Lipinski definition) is 0. The quantitative estimate of drug-likeness (QED) is 0.519. The molecule has 2 rings (SSSR count). The molecular weight excluding hydrogens is 362 g/mol. The molecule has 0 saturated carbocycles. The van der Waals surface area contributed by atoms with Crippen LogP contribution >= 0.6 is 8.58 Å². The van der Waals surface area contributed by atoms with Gasteiger partial charge in [-0.3, -0.25) is 4.79 Å². The van der Waals surface area contributed by atoms with Crippen LogP contribution in [0.4, 0.5) is 0 Å². The fourth-order valence-corrected chi connectivity index (χ4v) is 3.97. The van der Waals surface area contributed by atoms with E-state index in [1.165, 1.54) is 0 Å². The minimum absolute atomic E-state index is 0. The summed E-state index contributed by atoms with van der Waals surface area (Å²) in [6, 6.07) is 11.7. The normalized spacial score (nSPS) is 12.0. The molecule has 0 amide bonds. The Labute approximate surface area is 183 Å². The summed E-state index contributed by atoms with van der Waals surface area (Å²) < 4.78 is 12.1. The topological polar surface area (TPSA) is 35.5 Å². The number of hydrogen-bond acceptors (Lipinski definition) is 3. The Bertz CT molecular complexity index is 812. The first kappa shape index (κ1) is 24.8. The van der Waals surface area contributed by atoms with Gasteiger partial charge in [0.25, 0.3) is 0 Å². The Kier molecular flexibility index (Phi) is 8.40. The first-order chi connectivity index (χ1) is 12.4. The fourth-order valence-electron chi connectivity index (χ4n) is 2.79. The monoisotopic (exact) mass is 394 g/mol. The van der Waals surface area contributed by atoms with Gasteiger partial charge >= 0.3 is 18.9 Å². The molecule has 148 valence electrons. The molecule has 0 saturated heterocycles. The van der Waals surface area contributed by atoms with Crippen molar-refractivity contribution in [2.75, 3.05) is 0 Å². The summed E-state index contributed by atoms with van der Waals surface area (Å²) in [5.41, 5.74) is 2.32. The second kappa shape index (κ2) is 9.49. The summed E-state index contributed by atoms with van der Waals surface area (Å²) in [6.45, 7) is 16.0. The van der Waals surface area contributed by atoms with Crippen molar-refractivity contribution >= 4 is 38.3 Å². The number of benzene rings is 2. The fraction of sp³-hybridized carbons (Fsp3) is 0.435. The van der Waals surface area contributed by atoms with Crippen molar-refractivity contribution in [3.05, 3.63) is 53.1 Å². The van der Waals surface area contributed by atoms with E-state index < -0.39 is 0 Å². The summed E-state index contributed by atoms with van der Waals surface area (Å²) in [4.78, 5) is 13.0. The van der Waals surface area contributed by atoms with Crippen molar-refractivity contribution in [1.82, 2.24) is 0 Å². The van der Waals surface area contributed by atoms with Gasteiger partial charge in [-0.2, -0.15) is 0 Å². The van der Waals surface area contributed by atoms with Gasteiger partial charge in [-0.1, -0.05) is 18.2 Å². The zero-order chi connectivity index (χ0) is 20.4. The third-order valence-corrected chi connectivity index (χ3v) is 4.91. The van der Waals surface area contributed by atoms with Crippen LogP contribution in [0.3, 0.4) is 0 Å². The molecule has 28 heavy (non-hydrogen) atoms. The third-order valence-electron chi connectivity index (χ3n) is 3.75. The van der Waals surface area contributed by atoms with E-state index >= 15 is 0 Å². The van der Waals surface area contributed by atoms with E-state index in [9.17, 15) is 4.79 Å². The molecule has 0 aliphatic rings. The van der Waals surface area contributed by atoms with E-state index in [0.717, 1.165) is 27.7 Å². The molecule has 3 nitrogen and oxygen atoms in total. The summed E-state index contributed by atoms with van der Waals surface area (Å²) in [5.74, 6) is 1.46. The Morgan fingerprint density at radius 3 is 1.89 bits per heavy atom. The van der Waals surface area contributed by atoms with Gasteiger partial charge in [0.2, 0.25) is 0 Å². The molecule has 0 aliphatic heterocycles. The maximum absolute atomic E-state index is 13.0. The minimum atomic E-state index is -0.360. The molecule has 0 fully saturated rings. The van der Waals surface area contributed by atoms with Crippen LogP contribution < -0.4 is 14.8 Å². The number of carbonyl (C=O) groups excluding carboxylic acids is 1. The summed E-state index contributed by atoms with van der Waals surface area (Å²) in [5, 5.41) is 0.902. The van der Waals surface area contributed by atoms with E-state index in [2.05, 4.69) is 0 Å². The van der Waals surface area contributed by atoms with Crippen LogP contribution in [0.5, 0.6) is 11.5 Å². The van der Waals surface area contributed by atoms with Gasteiger partial charge in [-0.05, 0) is 87.2 Å².